The first-order valence-electron chi connectivity index (χ1n) is 6.24. The summed E-state index contributed by atoms with van der Waals surface area (Å²) in [5.74, 6) is 0.370. The zero-order valence-electron chi connectivity index (χ0n) is 12.0. The molecule has 6 heteroatoms. The lowest BCUT2D eigenvalue weighted by Crippen LogP contribution is -2.33. The zero-order valence-corrected chi connectivity index (χ0v) is 12.8. The van der Waals surface area contributed by atoms with E-state index in [-0.39, 0.29) is 16.4 Å². The fourth-order valence-electron chi connectivity index (χ4n) is 1.91. The number of anilines is 1. The Bertz CT molecular complexity index is 521. The van der Waals surface area contributed by atoms with E-state index in [4.69, 9.17) is 5.73 Å². The van der Waals surface area contributed by atoms with E-state index in [1.165, 1.54) is 6.26 Å². The van der Waals surface area contributed by atoms with Crippen molar-refractivity contribution in [2.45, 2.75) is 38.1 Å². The maximum atomic E-state index is 11.6. The van der Waals surface area contributed by atoms with Gasteiger partial charge in [0.05, 0.1) is 0 Å². The van der Waals surface area contributed by atoms with Crippen LogP contribution in [-0.4, -0.2) is 32.2 Å². The van der Waals surface area contributed by atoms with E-state index in [1.807, 2.05) is 0 Å². The van der Waals surface area contributed by atoms with E-state index in [9.17, 15) is 8.42 Å². The standard InChI is InChI=1S/C13H23N3O2S/c1-13(2,3)8-10(14)9-16-12-11(19(4,17)18)6-5-7-15-12/h5-7,10H,8-9,14H2,1-4H3,(H,15,16). The van der Waals surface area contributed by atoms with Gasteiger partial charge in [-0.3, -0.25) is 0 Å². The number of sulfone groups is 1. The molecule has 0 saturated carbocycles. The van der Waals surface area contributed by atoms with Gasteiger partial charge in [-0.15, -0.1) is 0 Å². The number of pyridine rings is 1. The van der Waals surface area contributed by atoms with Crippen LogP contribution in [0.2, 0.25) is 0 Å². The molecule has 1 aromatic heterocycles. The molecule has 0 fully saturated rings. The van der Waals surface area contributed by atoms with Crippen LogP contribution in [0.15, 0.2) is 23.2 Å². The van der Waals surface area contributed by atoms with Crippen molar-refractivity contribution in [2.75, 3.05) is 18.1 Å². The van der Waals surface area contributed by atoms with Crippen LogP contribution in [0.25, 0.3) is 0 Å². The van der Waals surface area contributed by atoms with Crippen LogP contribution in [0.1, 0.15) is 27.2 Å². The molecule has 1 rings (SSSR count). The number of hydrogen-bond acceptors (Lipinski definition) is 5. The first-order valence-corrected chi connectivity index (χ1v) is 8.13. The van der Waals surface area contributed by atoms with Crippen molar-refractivity contribution >= 4 is 15.7 Å². The first-order chi connectivity index (χ1) is 8.59. The molecule has 0 spiro atoms. The van der Waals surface area contributed by atoms with Gasteiger partial charge in [-0.05, 0) is 24.0 Å². The summed E-state index contributed by atoms with van der Waals surface area (Å²) in [7, 11) is -3.28. The molecule has 0 aliphatic carbocycles. The summed E-state index contributed by atoms with van der Waals surface area (Å²) >= 11 is 0. The molecular formula is C13H23N3O2S. The normalized spacial score (nSPS) is 14.2. The van der Waals surface area contributed by atoms with E-state index in [1.54, 1.807) is 18.3 Å². The molecule has 0 saturated heterocycles. The molecule has 1 atom stereocenters. The Morgan fingerprint density at radius 1 is 1.42 bits per heavy atom. The van der Waals surface area contributed by atoms with Crippen molar-refractivity contribution in [1.82, 2.24) is 4.98 Å². The monoisotopic (exact) mass is 285 g/mol. The van der Waals surface area contributed by atoms with Crippen molar-refractivity contribution in [2.24, 2.45) is 11.1 Å². The number of nitrogens with two attached hydrogens (primary N) is 1. The SMILES string of the molecule is CC(C)(C)CC(N)CNc1ncccc1S(C)(=O)=O. The third-order valence-corrected chi connectivity index (χ3v) is 3.70. The molecule has 1 aromatic rings. The Kier molecular flexibility index (Phi) is 4.92. The van der Waals surface area contributed by atoms with Crippen molar-refractivity contribution < 1.29 is 8.42 Å². The van der Waals surface area contributed by atoms with Crippen LogP contribution in [0.3, 0.4) is 0 Å². The maximum absolute atomic E-state index is 11.6. The third kappa shape index (κ3) is 5.57. The minimum atomic E-state index is -3.28. The topological polar surface area (TPSA) is 85.1 Å². The van der Waals surface area contributed by atoms with Gasteiger partial charge in [0, 0.05) is 25.0 Å². The van der Waals surface area contributed by atoms with Crippen molar-refractivity contribution in [1.29, 1.82) is 0 Å². The zero-order chi connectivity index (χ0) is 14.7. The van der Waals surface area contributed by atoms with E-state index in [2.05, 4.69) is 31.1 Å². The van der Waals surface area contributed by atoms with Gasteiger partial charge < -0.3 is 11.1 Å². The Hall–Kier alpha value is -1.14. The van der Waals surface area contributed by atoms with E-state index >= 15 is 0 Å². The molecule has 0 bridgehead atoms. The summed E-state index contributed by atoms with van der Waals surface area (Å²) in [4.78, 5) is 4.27. The number of hydrogen-bond donors (Lipinski definition) is 2. The molecule has 5 nitrogen and oxygen atoms in total. The van der Waals surface area contributed by atoms with Gasteiger partial charge in [-0.1, -0.05) is 20.8 Å². The summed E-state index contributed by atoms with van der Waals surface area (Å²) < 4.78 is 23.2. The summed E-state index contributed by atoms with van der Waals surface area (Å²) in [6.07, 6.45) is 3.58. The smallest absolute Gasteiger partial charge is 0.179 e. The van der Waals surface area contributed by atoms with Gasteiger partial charge in [0.25, 0.3) is 0 Å². The molecule has 19 heavy (non-hydrogen) atoms. The van der Waals surface area contributed by atoms with Gasteiger partial charge in [-0.25, -0.2) is 13.4 Å². The molecular weight excluding hydrogens is 262 g/mol. The second kappa shape index (κ2) is 5.88. The highest BCUT2D eigenvalue weighted by molar-refractivity contribution is 7.90. The minimum Gasteiger partial charge on any atom is -0.367 e. The fraction of sp³-hybridized carbons (Fsp3) is 0.615. The molecule has 1 heterocycles. The van der Waals surface area contributed by atoms with E-state index < -0.39 is 9.84 Å². The molecule has 0 radical (unpaired) electrons. The van der Waals surface area contributed by atoms with E-state index in [0.29, 0.717) is 12.4 Å². The van der Waals surface area contributed by atoms with Crippen LogP contribution < -0.4 is 11.1 Å². The minimum absolute atomic E-state index is 0.0468. The molecule has 1 unspecified atom stereocenters. The Morgan fingerprint density at radius 3 is 2.58 bits per heavy atom. The first kappa shape index (κ1) is 15.9. The van der Waals surface area contributed by atoms with Crippen LogP contribution in [-0.2, 0) is 9.84 Å². The van der Waals surface area contributed by atoms with Crippen molar-refractivity contribution in [3.63, 3.8) is 0 Å². The largest absolute Gasteiger partial charge is 0.367 e. The number of nitrogens with zero attached hydrogens (tertiary/aromatic N) is 1. The van der Waals surface area contributed by atoms with Crippen LogP contribution >= 0.6 is 0 Å². The Balaban J connectivity index is 2.74. The second-order valence-corrected chi connectivity index (χ2v) is 8.01. The average Bonchev–Trinajstić information content (AvgIpc) is 2.23. The summed E-state index contributed by atoms with van der Waals surface area (Å²) in [6, 6.07) is 3.10. The predicted octanol–water partition coefficient (Wildman–Crippen LogP) is 1.66. The Labute approximate surface area is 115 Å². The summed E-state index contributed by atoms with van der Waals surface area (Å²) in [5.41, 5.74) is 6.17. The summed E-state index contributed by atoms with van der Waals surface area (Å²) in [5, 5.41) is 3.03. The third-order valence-electron chi connectivity index (χ3n) is 2.58. The molecule has 0 amide bonds. The molecule has 108 valence electrons. The lowest BCUT2D eigenvalue weighted by atomic mass is 9.88. The van der Waals surface area contributed by atoms with Crippen molar-refractivity contribution in [3.8, 4) is 0 Å². The average molecular weight is 285 g/mol. The molecule has 0 aliphatic rings. The van der Waals surface area contributed by atoms with E-state index in [0.717, 1.165) is 6.42 Å². The van der Waals surface area contributed by atoms with Gasteiger partial charge in [0.1, 0.15) is 10.7 Å². The summed E-state index contributed by atoms with van der Waals surface area (Å²) in [6.45, 7) is 6.86. The molecule has 3 N–H and O–H groups in total. The van der Waals surface area contributed by atoms with Gasteiger partial charge >= 0.3 is 0 Å². The highest BCUT2D eigenvalue weighted by Crippen LogP contribution is 2.21. The maximum Gasteiger partial charge on any atom is 0.179 e. The number of aromatic nitrogens is 1. The fourth-order valence-corrected chi connectivity index (χ4v) is 2.71. The van der Waals surface area contributed by atoms with Gasteiger partial charge in [0.15, 0.2) is 9.84 Å². The van der Waals surface area contributed by atoms with Gasteiger partial charge in [-0.2, -0.15) is 0 Å². The van der Waals surface area contributed by atoms with Crippen LogP contribution in [0, 0.1) is 5.41 Å². The second-order valence-electron chi connectivity index (χ2n) is 6.03. The predicted molar refractivity (Wildman–Crippen MR) is 77.9 cm³/mol. The lowest BCUT2D eigenvalue weighted by Gasteiger charge is -2.23. The quantitative estimate of drug-likeness (QED) is 0.859. The highest BCUT2D eigenvalue weighted by atomic mass is 32.2. The number of rotatable bonds is 5. The van der Waals surface area contributed by atoms with Gasteiger partial charge in [0.2, 0.25) is 0 Å². The lowest BCUT2D eigenvalue weighted by molar-refractivity contribution is 0.344. The number of nitrogens with one attached hydrogen (secondary N) is 1. The molecule has 0 aromatic carbocycles. The van der Waals surface area contributed by atoms with Crippen LogP contribution in [0.4, 0.5) is 5.82 Å². The van der Waals surface area contributed by atoms with Crippen LogP contribution in [0.5, 0.6) is 0 Å². The Morgan fingerprint density at radius 2 is 2.05 bits per heavy atom. The molecule has 0 aliphatic heterocycles. The van der Waals surface area contributed by atoms with Crippen molar-refractivity contribution in [3.05, 3.63) is 18.3 Å². The highest BCUT2D eigenvalue weighted by Gasteiger charge is 2.17.